The molecule has 0 amide bonds. The van der Waals surface area contributed by atoms with Gasteiger partial charge in [-0.2, -0.15) is 0 Å². The van der Waals surface area contributed by atoms with Crippen LogP contribution in [0, 0.1) is 18.8 Å². The molecule has 0 bridgehead atoms. The number of aryl methyl sites for hydroxylation is 1. The molecule has 0 spiro atoms. The first-order valence-electron chi connectivity index (χ1n) is 9.25. The lowest BCUT2D eigenvalue weighted by Gasteiger charge is -2.34. The highest BCUT2D eigenvalue weighted by atomic mass is 32.2. The molecule has 1 heterocycles. The normalized spacial score (nSPS) is 21.7. The summed E-state index contributed by atoms with van der Waals surface area (Å²) in [5.41, 5.74) is 0.558. The van der Waals surface area contributed by atoms with Crippen molar-refractivity contribution in [1.82, 2.24) is 9.62 Å². The van der Waals surface area contributed by atoms with Gasteiger partial charge in [-0.25, -0.2) is 17.9 Å². The molecule has 1 aliphatic heterocycles. The molecule has 0 radical (unpaired) electrons. The fraction of sp³-hybridized carbons (Fsp3) is 0.632. The second-order valence-corrected chi connectivity index (χ2v) is 9.36. The number of carbonyl (C=O) groups is 1. The smallest absolute Gasteiger partial charge is 0.335 e. The van der Waals surface area contributed by atoms with E-state index < -0.39 is 16.0 Å². The Morgan fingerprint density at radius 2 is 1.88 bits per heavy atom. The largest absolute Gasteiger partial charge is 0.478 e. The highest BCUT2D eigenvalue weighted by molar-refractivity contribution is 7.89. The first-order chi connectivity index (χ1) is 12.2. The summed E-state index contributed by atoms with van der Waals surface area (Å²) in [5, 5.41) is 9.14. The molecule has 146 valence electrons. The van der Waals surface area contributed by atoms with Crippen LogP contribution < -0.4 is 4.72 Å². The van der Waals surface area contributed by atoms with Gasteiger partial charge in [-0.15, -0.1) is 0 Å². The van der Waals surface area contributed by atoms with E-state index in [0.717, 1.165) is 44.3 Å². The summed E-state index contributed by atoms with van der Waals surface area (Å²) in [6, 6.07) is 4.19. The maximum atomic E-state index is 12.4. The van der Waals surface area contributed by atoms with Gasteiger partial charge in [0.15, 0.2) is 0 Å². The standard InChI is InChI=1S/C19H30N2O4S/c1-14-10-15(2)13-21(12-14)9-5-4-8-20-26(24,25)17-7-6-16(3)18(11-17)19(22)23/h6-7,11,14-15,20H,4-5,8-10,12-13H2,1-3H3,(H,22,23). The van der Waals surface area contributed by atoms with Gasteiger partial charge in [-0.05, 0) is 62.3 Å². The van der Waals surface area contributed by atoms with E-state index in [1.54, 1.807) is 6.92 Å². The highest BCUT2D eigenvalue weighted by Gasteiger charge is 2.21. The Morgan fingerprint density at radius 1 is 1.23 bits per heavy atom. The van der Waals surface area contributed by atoms with Crippen LogP contribution in [0.2, 0.25) is 0 Å². The van der Waals surface area contributed by atoms with Crippen molar-refractivity contribution in [1.29, 1.82) is 0 Å². The number of nitrogens with zero attached hydrogens (tertiary/aromatic N) is 1. The molecule has 6 nitrogen and oxygen atoms in total. The van der Waals surface area contributed by atoms with E-state index in [1.807, 2.05) is 0 Å². The Hall–Kier alpha value is -1.44. The maximum absolute atomic E-state index is 12.4. The molecule has 2 unspecified atom stereocenters. The Morgan fingerprint density at radius 3 is 2.50 bits per heavy atom. The van der Waals surface area contributed by atoms with Crippen LogP contribution in [-0.2, 0) is 10.0 Å². The van der Waals surface area contributed by atoms with Crippen LogP contribution in [0.1, 0.15) is 49.0 Å². The molecule has 2 atom stereocenters. The number of piperidine rings is 1. The van der Waals surface area contributed by atoms with Crippen LogP contribution >= 0.6 is 0 Å². The number of carboxylic acid groups (broad SMARTS) is 1. The number of likely N-dealkylation sites (tertiary alicyclic amines) is 1. The van der Waals surface area contributed by atoms with Crippen LogP contribution in [0.3, 0.4) is 0 Å². The number of aromatic carboxylic acids is 1. The van der Waals surface area contributed by atoms with Crippen LogP contribution in [0.15, 0.2) is 23.1 Å². The number of carboxylic acids is 1. The first-order valence-corrected chi connectivity index (χ1v) is 10.7. The predicted molar refractivity (Wildman–Crippen MR) is 102 cm³/mol. The Kier molecular flexibility index (Phi) is 7.20. The lowest BCUT2D eigenvalue weighted by atomic mass is 9.92. The number of rotatable bonds is 8. The minimum absolute atomic E-state index is 0.000759. The minimum atomic E-state index is -3.68. The second-order valence-electron chi connectivity index (χ2n) is 7.59. The third-order valence-electron chi connectivity index (χ3n) is 4.89. The summed E-state index contributed by atoms with van der Waals surface area (Å²) in [7, 11) is -3.68. The molecule has 1 saturated heterocycles. The van der Waals surface area contributed by atoms with Crippen molar-refractivity contribution < 1.29 is 18.3 Å². The fourth-order valence-corrected chi connectivity index (χ4v) is 4.82. The fourth-order valence-electron chi connectivity index (χ4n) is 3.72. The number of unbranched alkanes of at least 4 members (excludes halogenated alkanes) is 1. The van der Waals surface area contributed by atoms with E-state index in [9.17, 15) is 13.2 Å². The minimum Gasteiger partial charge on any atom is -0.478 e. The Balaban J connectivity index is 1.81. The molecule has 0 aliphatic carbocycles. The molecular formula is C19H30N2O4S. The topological polar surface area (TPSA) is 86.7 Å². The van der Waals surface area contributed by atoms with Crippen molar-refractivity contribution in [3.63, 3.8) is 0 Å². The van der Waals surface area contributed by atoms with E-state index in [2.05, 4.69) is 23.5 Å². The zero-order chi connectivity index (χ0) is 19.3. The molecule has 2 rings (SSSR count). The van der Waals surface area contributed by atoms with Gasteiger partial charge >= 0.3 is 5.97 Å². The van der Waals surface area contributed by atoms with Gasteiger partial charge in [0.1, 0.15) is 0 Å². The summed E-state index contributed by atoms with van der Waals surface area (Å²) in [6.45, 7) is 9.81. The van der Waals surface area contributed by atoms with Crippen LogP contribution in [0.4, 0.5) is 0 Å². The van der Waals surface area contributed by atoms with E-state index in [-0.39, 0.29) is 10.5 Å². The lowest BCUT2D eigenvalue weighted by Crippen LogP contribution is -2.39. The van der Waals surface area contributed by atoms with Gasteiger partial charge in [0.2, 0.25) is 10.0 Å². The summed E-state index contributed by atoms with van der Waals surface area (Å²) < 4.78 is 27.3. The van der Waals surface area contributed by atoms with Crippen molar-refractivity contribution >= 4 is 16.0 Å². The second kappa shape index (κ2) is 8.97. The van der Waals surface area contributed by atoms with Crippen molar-refractivity contribution in [3.05, 3.63) is 29.3 Å². The molecule has 1 fully saturated rings. The zero-order valence-corrected chi connectivity index (χ0v) is 16.7. The number of nitrogens with one attached hydrogen (secondary N) is 1. The monoisotopic (exact) mass is 382 g/mol. The predicted octanol–water partition coefficient (Wildman–Crippen LogP) is 2.73. The molecule has 26 heavy (non-hydrogen) atoms. The third-order valence-corrected chi connectivity index (χ3v) is 6.35. The summed E-state index contributed by atoms with van der Waals surface area (Å²) in [5.74, 6) is 0.328. The number of benzene rings is 1. The van der Waals surface area contributed by atoms with Crippen LogP contribution in [0.5, 0.6) is 0 Å². The highest BCUT2D eigenvalue weighted by Crippen LogP contribution is 2.21. The number of sulfonamides is 1. The van der Waals surface area contributed by atoms with Crippen molar-refractivity contribution in [2.45, 2.75) is 44.9 Å². The molecule has 1 aromatic carbocycles. The SMILES string of the molecule is Cc1ccc(S(=O)(=O)NCCCCN2CC(C)CC(C)C2)cc1C(=O)O. The Bertz CT molecular complexity index is 723. The molecule has 0 saturated carbocycles. The summed E-state index contributed by atoms with van der Waals surface area (Å²) >= 11 is 0. The van der Waals surface area contributed by atoms with Crippen molar-refractivity contribution in [2.24, 2.45) is 11.8 Å². The third kappa shape index (κ3) is 5.79. The average Bonchev–Trinajstić information content (AvgIpc) is 2.53. The van der Waals surface area contributed by atoms with Gasteiger partial charge in [-0.3, -0.25) is 0 Å². The number of hydrogen-bond donors (Lipinski definition) is 2. The molecule has 1 aliphatic rings. The van der Waals surface area contributed by atoms with Gasteiger partial charge in [0, 0.05) is 19.6 Å². The van der Waals surface area contributed by atoms with Crippen LogP contribution in [-0.4, -0.2) is 50.6 Å². The Labute approximate surface area is 156 Å². The lowest BCUT2D eigenvalue weighted by molar-refractivity contribution is 0.0696. The first kappa shape index (κ1) is 20.9. The van der Waals surface area contributed by atoms with Gasteiger partial charge in [-0.1, -0.05) is 19.9 Å². The molecule has 7 heteroatoms. The van der Waals surface area contributed by atoms with Gasteiger partial charge in [0.25, 0.3) is 0 Å². The molecule has 1 aromatic rings. The maximum Gasteiger partial charge on any atom is 0.335 e. The van der Waals surface area contributed by atoms with E-state index >= 15 is 0 Å². The molecule has 0 aromatic heterocycles. The zero-order valence-electron chi connectivity index (χ0n) is 15.9. The van der Waals surface area contributed by atoms with E-state index in [0.29, 0.717) is 12.1 Å². The van der Waals surface area contributed by atoms with E-state index in [4.69, 9.17) is 5.11 Å². The van der Waals surface area contributed by atoms with E-state index in [1.165, 1.54) is 24.6 Å². The van der Waals surface area contributed by atoms with Crippen molar-refractivity contribution in [3.8, 4) is 0 Å². The quantitative estimate of drug-likeness (QED) is 0.675. The van der Waals surface area contributed by atoms with Crippen LogP contribution in [0.25, 0.3) is 0 Å². The number of hydrogen-bond acceptors (Lipinski definition) is 4. The molecule has 2 N–H and O–H groups in total. The van der Waals surface area contributed by atoms with Gasteiger partial charge < -0.3 is 10.0 Å². The average molecular weight is 383 g/mol. The molecular weight excluding hydrogens is 352 g/mol. The van der Waals surface area contributed by atoms with Crippen molar-refractivity contribution in [2.75, 3.05) is 26.2 Å². The summed E-state index contributed by atoms with van der Waals surface area (Å²) in [4.78, 5) is 13.6. The summed E-state index contributed by atoms with van der Waals surface area (Å²) in [6.07, 6.45) is 2.98. The van der Waals surface area contributed by atoms with Gasteiger partial charge in [0.05, 0.1) is 10.5 Å².